The van der Waals surface area contributed by atoms with Gasteiger partial charge in [0.05, 0.1) is 11.0 Å². The molecule has 2 heterocycles. The molecule has 0 spiro atoms. The number of aromatic amines is 1. The van der Waals surface area contributed by atoms with Crippen LogP contribution in [0.3, 0.4) is 0 Å². The van der Waals surface area contributed by atoms with Crippen molar-refractivity contribution in [3.05, 3.63) is 48.0 Å². The summed E-state index contributed by atoms with van der Waals surface area (Å²) in [6, 6.07) is 9.72. The topological polar surface area (TPSA) is 46.5 Å². The molecule has 104 valence electrons. The second-order valence-electron chi connectivity index (χ2n) is 4.86. The zero-order valence-electron chi connectivity index (χ0n) is 11.1. The van der Waals surface area contributed by atoms with E-state index in [4.69, 9.17) is 0 Å². The number of nitrogens with zero attached hydrogens (tertiary/aromatic N) is 3. The quantitative estimate of drug-likeness (QED) is 0.582. The van der Waals surface area contributed by atoms with Gasteiger partial charge in [0.25, 0.3) is 0 Å². The fraction of sp³-hybridized carbons (Fsp3) is 0.0667. The molecule has 0 unspecified atom stereocenters. The first-order valence-corrected chi connectivity index (χ1v) is 6.40. The molecule has 0 radical (unpaired) electrons. The van der Waals surface area contributed by atoms with Gasteiger partial charge in [-0.05, 0) is 12.1 Å². The number of para-hydroxylation sites is 1. The molecule has 2 aromatic heterocycles. The van der Waals surface area contributed by atoms with Gasteiger partial charge < -0.3 is 4.98 Å². The second-order valence-corrected chi connectivity index (χ2v) is 4.86. The lowest BCUT2D eigenvalue weighted by Gasteiger charge is -1.91. The number of imidazole rings is 1. The average Bonchev–Trinajstić information content (AvgIpc) is 3.01. The van der Waals surface area contributed by atoms with Crippen molar-refractivity contribution in [2.45, 2.75) is 0 Å². The Bertz CT molecular complexity index is 984. The van der Waals surface area contributed by atoms with Crippen LogP contribution in [0.2, 0.25) is 0 Å². The van der Waals surface area contributed by atoms with Crippen molar-refractivity contribution < 1.29 is 8.78 Å². The number of hydrogen-bond acceptors (Lipinski definition) is 2. The maximum absolute atomic E-state index is 13.7. The number of aryl methyl sites for hydroxylation is 1. The first-order chi connectivity index (χ1) is 10.1. The molecule has 0 saturated carbocycles. The summed E-state index contributed by atoms with van der Waals surface area (Å²) in [6.45, 7) is 0. The average molecular weight is 284 g/mol. The standard InChI is InChI=1S/C15H10F2N4/c1-21-12-5-3-2-4-9(12)13(20-21)15-18-11-7-8(16)6-10(17)14(11)19-15/h2-7H,1H3,(H,18,19). The van der Waals surface area contributed by atoms with Crippen molar-refractivity contribution in [2.24, 2.45) is 7.05 Å². The molecule has 0 aliphatic rings. The number of rotatable bonds is 1. The predicted molar refractivity (Wildman–Crippen MR) is 75.7 cm³/mol. The summed E-state index contributed by atoms with van der Waals surface area (Å²) >= 11 is 0. The van der Waals surface area contributed by atoms with Gasteiger partial charge in [-0.3, -0.25) is 4.68 Å². The van der Waals surface area contributed by atoms with Gasteiger partial charge in [0.1, 0.15) is 17.0 Å². The van der Waals surface area contributed by atoms with E-state index in [1.165, 1.54) is 6.07 Å². The highest BCUT2D eigenvalue weighted by Gasteiger charge is 2.16. The van der Waals surface area contributed by atoms with Gasteiger partial charge in [-0.15, -0.1) is 0 Å². The van der Waals surface area contributed by atoms with Crippen molar-refractivity contribution >= 4 is 21.9 Å². The van der Waals surface area contributed by atoms with Gasteiger partial charge in [0.15, 0.2) is 11.6 Å². The smallest absolute Gasteiger partial charge is 0.159 e. The van der Waals surface area contributed by atoms with Crippen molar-refractivity contribution in [3.8, 4) is 11.5 Å². The molecule has 2 aromatic carbocycles. The van der Waals surface area contributed by atoms with Crippen LogP contribution in [0.15, 0.2) is 36.4 Å². The zero-order valence-corrected chi connectivity index (χ0v) is 11.1. The molecule has 4 rings (SSSR count). The first kappa shape index (κ1) is 12.0. The Morgan fingerprint density at radius 2 is 1.95 bits per heavy atom. The van der Waals surface area contributed by atoms with Crippen LogP contribution in [0.1, 0.15) is 0 Å². The van der Waals surface area contributed by atoms with Crippen LogP contribution in [0.5, 0.6) is 0 Å². The highest BCUT2D eigenvalue weighted by atomic mass is 19.1. The summed E-state index contributed by atoms with van der Waals surface area (Å²) in [5.41, 5.74) is 1.99. The van der Waals surface area contributed by atoms with Gasteiger partial charge in [0.2, 0.25) is 0 Å². The molecule has 6 heteroatoms. The molecule has 0 atom stereocenters. The number of nitrogens with one attached hydrogen (secondary N) is 1. The molecule has 0 amide bonds. The van der Waals surface area contributed by atoms with E-state index in [1.807, 2.05) is 31.3 Å². The number of benzene rings is 2. The van der Waals surface area contributed by atoms with E-state index >= 15 is 0 Å². The number of aromatic nitrogens is 4. The highest BCUT2D eigenvalue weighted by molar-refractivity contribution is 5.93. The molecule has 1 N–H and O–H groups in total. The Kier molecular flexibility index (Phi) is 2.35. The van der Waals surface area contributed by atoms with Crippen LogP contribution in [0.25, 0.3) is 33.5 Å². The third-order valence-corrected chi connectivity index (χ3v) is 3.49. The van der Waals surface area contributed by atoms with Crippen molar-refractivity contribution in [2.75, 3.05) is 0 Å². The Labute approximate surface area is 118 Å². The third-order valence-electron chi connectivity index (χ3n) is 3.49. The van der Waals surface area contributed by atoms with E-state index in [1.54, 1.807) is 4.68 Å². The van der Waals surface area contributed by atoms with E-state index < -0.39 is 11.6 Å². The lowest BCUT2D eigenvalue weighted by Crippen LogP contribution is -1.90. The van der Waals surface area contributed by atoms with Gasteiger partial charge in [-0.2, -0.15) is 5.10 Å². The lowest BCUT2D eigenvalue weighted by molar-refractivity contribution is 0.591. The first-order valence-electron chi connectivity index (χ1n) is 6.40. The third kappa shape index (κ3) is 1.72. The summed E-state index contributed by atoms with van der Waals surface area (Å²) in [5.74, 6) is -0.903. The summed E-state index contributed by atoms with van der Waals surface area (Å²) in [6.07, 6.45) is 0. The molecule has 0 saturated heterocycles. The number of hydrogen-bond donors (Lipinski definition) is 1. The Hall–Kier alpha value is -2.76. The maximum Gasteiger partial charge on any atom is 0.159 e. The Morgan fingerprint density at radius 1 is 1.14 bits per heavy atom. The minimum atomic E-state index is -0.687. The molecule has 0 fully saturated rings. The van der Waals surface area contributed by atoms with Crippen LogP contribution in [-0.2, 0) is 7.05 Å². The monoisotopic (exact) mass is 284 g/mol. The predicted octanol–water partition coefficient (Wildman–Crippen LogP) is 3.39. The Balaban J connectivity index is 2.03. The minimum Gasteiger partial charge on any atom is -0.336 e. The minimum absolute atomic E-state index is 0.112. The van der Waals surface area contributed by atoms with E-state index in [-0.39, 0.29) is 5.52 Å². The van der Waals surface area contributed by atoms with E-state index in [0.717, 1.165) is 17.0 Å². The summed E-state index contributed by atoms with van der Waals surface area (Å²) in [4.78, 5) is 7.15. The number of fused-ring (bicyclic) bond motifs is 2. The van der Waals surface area contributed by atoms with Crippen molar-refractivity contribution in [1.82, 2.24) is 19.7 Å². The highest BCUT2D eigenvalue weighted by Crippen LogP contribution is 2.28. The van der Waals surface area contributed by atoms with Gasteiger partial charge in [-0.25, -0.2) is 13.8 Å². The molecule has 21 heavy (non-hydrogen) atoms. The molecule has 4 aromatic rings. The number of halogens is 2. The fourth-order valence-electron chi connectivity index (χ4n) is 2.54. The summed E-state index contributed by atoms with van der Waals surface area (Å²) < 4.78 is 28.7. The zero-order chi connectivity index (χ0) is 14.6. The van der Waals surface area contributed by atoms with Crippen LogP contribution in [-0.4, -0.2) is 19.7 Å². The normalized spacial score (nSPS) is 11.6. The molecule has 0 bridgehead atoms. The van der Waals surface area contributed by atoms with Crippen molar-refractivity contribution in [3.63, 3.8) is 0 Å². The van der Waals surface area contributed by atoms with Gasteiger partial charge >= 0.3 is 0 Å². The van der Waals surface area contributed by atoms with Gasteiger partial charge in [-0.1, -0.05) is 18.2 Å². The van der Waals surface area contributed by atoms with Crippen LogP contribution in [0, 0.1) is 11.6 Å². The molecule has 4 nitrogen and oxygen atoms in total. The second kappa shape index (κ2) is 4.12. The summed E-state index contributed by atoms with van der Waals surface area (Å²) in [7, 11) is 1.83. The van der Waals surface area contributed by atoms with Crippen molar-refractivity contribution in [1.29, 1.82) is 0 Å². The number of H-pyrrole nitrogens is 1. The molecular weight excluding hydrogens is 274 g/mol. The Morgan fingerprint density at radius 3 is 2.81 bits per heavy atom. The molecular formula is C15H10F2N4. The molecule has 0 aliphatic heterocycles. The van der Waals surface area contributed by atoms with Crippen LogP contribution < -0.4 is 0 Å². The fourth-order valence-corrected chi connectivity index (χ4v) is 2.54. The SMILES string of the molecule is Cn1nc(-c2nc3c(F)cc(F)cc3[nH]2)c2ccccc21. The molecule has 0 aliphatic carbocycles. The maximum atomic E-state index is 13.7. The summed E-state index contributed by atoms with van der Waals surface area (Å²) in [5, 5.41) is 5.32. The van der Waals surface area contributed by atoms with Crippen LogP contribution >= 0.6 is 0 Å². The van der Waals surface area contributed by atoms with E-state index in [2.05, 4.69) is 15.1 Å². The van der Waals surface area contributed by atoms with E-state index in [0.29, 0.717) is 17.0 Å². The van der Waals surface area contributed by atoms with E-state index in [9.17, 15) is 8.78 Å². The lowest BCUT2D eigenvalue weighted by atomic mass is 10.2. The largest absolute Gasteiger partial charge is 0.336 e. The van der Waals surface area contributed by atoms with Gasteiger partial charge in [0, 0.05) is 18.5 Å². The van der Waals surface area contributed by atoms with Crippen LogP contribution in [0.4, 0.5) is 8.78 Å².